The van der Waals surface area contributed by atoms with Crippen molar-refractivity contribution in [2.75, 3.05) is 18.0 Å². The highest BCUT2D eigenvalue weighted by Crippen LogP contribution is 2.32. The van der Waals surface area contributed by atoms with E-state index in [9.17, 15) is 9.50 Å². The van der Waals surface area contributed by atoms with Crippen molar-refractivity contribution in [1.82, 2.24) is 4.98 Å². The zero-order valence-corrected chi connectivity index (χ0v) is 13.7. The van der Waals surface area contributed by atoms with Gasteiger partial charge in [-0.1, -0.05) is 12.1 Å². The standard InChI is InChI=1S/C17H18BrFN2O/c18-14-3-6-16(20-11-14)21-9-7-13(8-10-21)17(22)12-1-4-15(19)5-2-12/h1-6,11,13,17,22H,7-10H2. The molecule has 0 saturated carbocycles. The van der Waals surface area contributed by atoms with Crippen LogP contribution in [-0.4, -0.2) is 23.2 Å². The Morgan fingerprint density at radius 2 is 1.82 bits per heavy atom. The maximum absolute atomic E-state index is 13.0. The largest absolute Gasteiger partial charge is 0.388 e. The minimum absolute atomic E-state index is 0.206. The fourth-order valence-corrected chi connectivity index (χ4v) is 3.17. The van der Waals surface area contributed by atoms with E-state index >= 15 is 0 Å². The average molecular weight is 365 g/mol. The first-order valence-corrected chi connectivity index (χ1v) is 8.23. The highest BCUT2D eigenvalue weighted by molar-refractivity contribution is 9.10. The molecule has 0 spiro atoms. The van der Waals surface area contributed by atoms with Crippen LogP contribution in [0.25, 0.3) is 0 Å². The molecule has 1 aromatic heterocycles. The second-order valence-electron chi connectivity index (χ2n) is 5.66. The Hall–Kier alpha value is -1.46. The van der Waals surface area contributed by atoms with Crippen LogP contribution in [0.4, 0.5) is 10.2 Å². The van der Waals surface area contributed by atoms with Crippen LogP contribution in [0.15, 0.2) is 47.1 Å². The first-order chi connectivity index (χ1) is 10.6. The lowest BCUT2D eigenvalue weighted by Crippen LogP contribution is -2.36. The third-order valence-corrected chi connectivity index (χ3v) is 4.70. The number of benzene rings is 1. The Kier molecular flexibility index (Phi) is 4.74. The van der Waals surface area contributed by atoms with E-state index in [0.29, 0.717) is 0 Å². The Morgan fingerprint density at radius 3 is 2.41 bits per heavy atom. The number of aliphatic hydroxyl groups excluding tert-OH is 1. The highest BCUT2D eigenvalue weighted by Gasteiger charge is 2.26. The van der Waals surface area contributed by atoms with Crippen LogP contribution >= 0.6 is 15.9 Å². The number of rotatable bonds is 3. The molecule has 1 N–H and O–H groups in total. The van der Waals surface area contributed by atoms with Gasteiger partial charge in [0.25, 0.3) is 0 Å². The lowest BCUT2D eigenvalue weighted by molar-refractivity contribution is 0.0928. The summed E-state index contributed by atoms with van der Waals surface area (Å²) >= 11 is 3.39. The van der Waals surface area contributed by atoms with Crippen molar-refractivity contribution in [3.05, 3.63) is 58.4 Å². The lowest BCUT2D eigenvalue weighted by atomic mass is 9.87. The van der Waals surface area contributed by atoms with Gasteiger partial charge < -0.3 is 10.0 Å². The van der Waals surface area contributed by atoms with Gasteiger partial charge in [-0.15, -0.1) is 0 Å². The number of piperidine rings is 1. The summed E-state index contributed by atoms with van der Waals surface area (Å²) in [6.45, 7) is 1.75. The summed E-state index contributed by atoms with van der Waals surface area (Å²) in [6, 6.07) is 10.1. The van der Waals surface area contributed by atoms with E-state index in [2.05, 4.69) is 25.8 Å². The van der Waals surface area contributed by atoms with Crippen LogP contribution in [0.1, 0.15) is 24.5 Å². The molecule has 2 aromatic rings. The monoisotopic (exact) mass is 364 g/mol. The molecule has 1 aromatic carbocycles. The second kappa shape index (κ2) is 6.75. The number of aromatic nitrogens is 1. The van der Waals surface area contributed by atoms with Crippen LogP contribution < -0.4 is 4.90 Å². The Bertz CT molecular complexity index is 610. The molecule has 5 heteroatoms. The van der Waals surface area contributed by atoms with Crippen LogP contribution in [-0.2, 0) is 0 Å². The van der Waals surface area contributed by atoms with E-state index < -0.39 is 6.10 Å². The van der Waals surface area contributed by atoms with Gasteiger partial charge in [-0.25, -0.2) is 9.37 Å². The minimum atomic E-state index is -0.527. The molecule has 0 bridgehead atoms. The lowest BCUT2D eigenvalue weighted by Gasteiger charge is -2.35. The van der Waals surface area contributed by atoms with Crippen molar-refractivity contribution < 1.29 is 9.50 Å². The summed E-state index contributed by atoms with van der Waals surface area (Å²) in [5, 5.41) is 10.5. The molecule has 1 aliphatic heterocycles. The highest BCUT2D eigenvalue weighted by atomic mass is 79.9. The molecule has 116 valence electrons. The number of hydrogen-bond acceptors (Lipinski definition) is 3. The Labute approximate surface area is 137 Å². The van der Waals surface area contributed by atoms with Gasteiger partial charge in [0.2, 0.25) is 0 Å². The molecule has 1 saturated heterocycles. The molecule has 2 heterocycles. The molecule has 3 rings (SSSR count). The maximum atomic E-state index is 13.0. The maximum Gasteiger partial charge on any atom is 0.128 e. The zero-order valence-electron chi connectivity index (χ0n) is 12.1. The predicted molar refractivity (Wildman–Crippen MR) is 88.2 cm³/mol. The summed E-state index contributed by atoms with van der Waals surface area (Å²) in [7, 11) is 0. The molecule has 0 aliphatic carbocycles. The molecule has 22 heavy (non-hydrogen) atoms. The first kappa shape index (κ1) is 15.4. The second-order valence-corrected chi connectivity index (χ2v) is 6.57. The Morgan fingerprint density at radius 1 is 1.14 bits per heavy atom. The molecular formula is C17H18BrFN2O. The Balaban J connectivity index is 1.61. The molecule has 1 unspecified atom stereocenters. The van der Waals surface area contributed by atoms with Crippen molar-refractivity contribution in [2.24, 2.45) is 5.92 Å². The summed E-state index contributed by atoms with van der Waals surface area (Å²) in [5.41, 5.74) is 0.793. The van der Waals surface area contributed by atoms with E-state index in [1.165, 1.54) is 12.1 Å². The fraction of sp³-hybridized carbons (Fsp3) is 0.353. The summed E-state index contributed by atoms with van der Waals surface area (Å²) in [4.78, 5) is 6.65. The van der Waals surface area contributed by atoms with E-state index in [0.717, 1.165) is 41.8 Å². The van der Waals surface area contributed by atoms with Crippen molar-refractivity contribution in [2.45, 2.75) is 18.9 Å². The molecule has 0 amide bonds. The van der Waals surface area contributed by atoms with Gasteiger partial charge in [0.05, 0.1) is 6.10 Å². The van der Waals surface area contributed by atoms with E-state index in [1.807, 2.05) is 12.1 Å². The number of anilines is 1. The SMILES string of the molecule is OC(c1ccc(F)cc1)C1CCN(c2ccc(Br)cn2)CC1. The molecule has 1 fully saturated rings. The number of aliphatic hydroxyl groups is 1. The van der Waals surface area contributed by atoms with Crippen molar-refractivity contribution in [3.8, 4) is 0 Å². The third kappa shape index (κ3) is 3.47. The van der Waals surface area contributed by atoms with Gasteiger partial charge >= 0.3 is 0 Å². The van der Waals surface area contributed by atoms with Gasteiger partial charge in [-0.05, 0) is 64.5 Å². The van der Waals surface area contributed by atoms with Gasteiger partial charge in [0.1, 0.15) is 11.6 Å². The van der Waals surface area contributed by atoms with Crippen LogP contribution in [0.3, 0.4) is 0 Å². The predicted octanol–water partition coefficient (Wildman–Crippen LogP) is 3.93. The van der Waals surface area contributed by atoms with Gasteiger partial charge in [0.15, 0.2) is 0 Å². The summed E-state index contributed by atoms with van der Waals surface area (Å²) in [5.74, 6) is 0.905. The number of hydrogen-bond donors (Lipinski definition) is 1. The van der Waals surface area contributed by atoms with Gasteiger partial charge in [-0.3, -0.25) is 0 Å². The van der Waals surface area contributed by atoms with Crippen LogP contribution in [0.5, 0.6) is 0 Å². The minimum Gasteiger partial charge on any atom is -0.388 e. The molecule has 0 radical (unpaired) electrons. The fourth-order valence-electron chi connectivity index (χ4n) is 2.93. The number of nitrogens with zero attached hydrogens (tertiary/aromatic N) is 2. The van der Waals surface area contributed by atoms with E-state index in [-0.39, 0.29) is 11.7 Å². The average Bonchev–Trinajstić information content (AvgIpc) is 2.56. The van der Waals surface area contributed by atoms with E-state index in [4.69, 9.17) is 0 Å². The molecule has 3 nitrogen and oxygen atoms in total. The first-order valence-electron chi connectivity index (χ1n) is 7.43. The summed E-state index contributed by atoms with van der Waals surface area (Å²) < 4.78 is 13.9. The van der Waals surface area contributed by atoms with Crippen molar-refractivity contribution in [3.63, 3.8) is 0 Å². The topological polar surface area (TPSA) is 36.4 Å². The zero-order chi connectivity index (χ0) is 15.5. The van der Waals surface area contributed by atoms with Crippen LogP contribution in [0.2, 0.25) is 0 Å². The third-order valence-electron chi connectivity index (χ3n) is 4.23. The molecular weight excluding hydrogens is 347 g/mol. The normalized spacial score (nSPS) is 17.5. The van der Waals surface area contributed by atoms with E-state index in [1.54, 1.807) is 18.3 Å². The smallest absolute Gasteiger partial charge is 0.128 e. The molecule has 1 atom stereocenters. The molecule has 1 aliphatic rings. The van der Waals surface area contributed by atoms with Gasteiger partial charge in [-0.2, -0.15) is 0 Å². The quantitative estimate of drug-likeness (QED) is 0.895. The van der Waals surface area contributed by atoms with Gasteiger partial charge in [0, 0.05) is 23.8 Å². The van der Waals surface area contributed by atoms with Crippen molar-refractivity contribution in [1.29, 1.82) is 0 Å². The van der Waals surface area contributed by atoms with Crippen molar-refractivity contribution >= 4 is 21.7 Å². The van der Waals surface area contributed by atoms with Crippen LogP contribution in [0, 0.1) is 11.7 Å². The summed E-state index contributed by atoms with van der Waals surface area (Å²) in [6.07, 6.45) is 3.07. The number of halogens is 2. The number of pyridine rings is 1.